The Balaban J connectivity index is 3.14. The van der Waals surface area contributed by atoms with Crippen LogP contribution in [-0.2, 0) is 0 Å². The number of halogens is 1. The molecule has 0 unspecified atom stereocenters. The second-order valence-corrected chi connectivity index (χ2v) is 2.98. The molecule has 0 amide bonds. The molecule has 1 aliphatic rings. The van der Waals surface area contributed by atoms with Crippen LogP contribution >= 0.6 is 15.9 Å². The van der Waals surface area contributed by atoms with Crippen LogP contribution in [0.3, 0.4) is 0 Å². The van der Waals surface area contributed by atoms with Gasteiger partial charge in [0.15, 0.2) is 0 Å². The van der Waals surface area contributed by atoms with Crippen molar-refractivity contribution in [2.24, 2.45) is 0 Å². The van der Waals surface area contributed by atoms with E-state index >= 15 is 0 Å². The van der Waals surface area contributed by atoms with Gasteiger partial charge < -0.3 is 0 Å². The molecule has 0 nitrogen and oxygen atoms in total. The Morgan fingerprint density at radius 1 is 1.38 bits per heavy atom. The molecule has 0 aliphatic heterocycles. The highest BCUT2D eigenvalue weighted by Crippen LogP contribution is 2.33. The van der Waals surface area contributed by atoms with Gasteiger partial charge >= 0.3 is 0 Å². The Kier molecular flexibility index (Phi) is 0.694. The van der Waals surface area contributed by atoms with Gasteiger partial charge in [-0.05, 0) is 36.3 Å². The van der Waals surface area contributed by atoms with E-state index in [0.717, 1.165) is 0 Å². The highest BCUT2D eigenvalue weighted by atomic mass is 79.9. The fourth-order valence-corrected chi connectivity index (χ4v) is 1.12. The minimum atomic E-state index is -3.78. The molecule has 0 atom stereocenters. The van der Waals surface area contributed by atoms with Gasteiger partial charge in [-0.3, -0.25) is 0 Å². The van der Waals surface area contributed by atoms with Gasteiger partial charge in [0.2, 0.25) is 0 Å². The minimum absolute atomic E-state index is 0.476. The lowest BCUT2D eigenvalue weighted by molar-refractivity contribution is 0.443. The van der Waals surface area contributed by atoms with Crippen molar-refractivity contribution in [1.82, 2.24) is 0 Å². The SMILES string of the molecule is [2H]c1c([2H])c(Br)c([2H])c(C2([2H])C([2H])([2H])C([2H])([2H])C([2H])([2H])C([2H])([2H])C2([2H])[2H])c1[2H]. The van der Waals surface area contributed by atoms with Crippen LogP contribution in [0.4, 0.5) is 0 Å². The Morgan fingerprint density at radius 3 is 2.92 bits per heavy atom. The molecule has 2 rings (SSSR count). The summed E-state index contributed by atoms with van der Waals surface area (Å²) < 4.78 is 120. The lowest BCUT2D eigenvalue weighted by atomic mass is 9.84. The summed E-state index contributed by atoms with van der Waals surface area (Å²) in [4.78, 5) is 0. The van der Waals surface area contributed by atoms with Crippen molar-refractivity contribution in [3.8, 4) is 0 Å². The maximum atomic E-state index is 8.60. The van der Waals surface area contributed by atoms with Crippen LogP contribution in [0.5, 0.6) is 0 Å². The third-order valence-corrected chi connectivity index (χ3v) is 1.74. The van der Waals surface area contributed by atoms with Gasteiger partial charge in [0.1, 0.15) is 0 Å². The van der Waals surface area contributed by atoms with E-state index in [1.54, 1.807) is 0 Å². The zero-order chi connectivity index (χ0) is 22.5. The van der Waals surface area contributed by atoms with E-state index in [-0.39, 0.29) is 0 Å². The fraction of sp³-hybridized carbons (Fsp3) is 0.500. The molecule has 1 aliphatic carbocycles. The number of rotatable bonds is 1. The molecule has 1 aromatic rings. The zero-order valence-electron chi connectivity index (χ0n) is 21.4. The highest BCUT2D eigenvalue weighted by Gasteiger charge is 2.14. The van der Waals surface area contributed by atoms with Crippen LogP contribution in [0, 0.1) is 0 Å². The van der Waals surface area contributed by atoms with Crippen molar-refractivity contribution in [3.63, 3.8) is 0 Å². The number of hydrogen-bond donors (Lipinski definition) is 0. The normalized spacial score (nSPS) is 57.5. The van der Waals surface area contributed by atoms with Gasteiger partial charge in [-0.1, -0.05) is 47.1 Å². The molecule has 1 heteroatoms. The molecule has 13 heavy (non-hydrogen) atoms. The molecule has 1 aromatic carbocycles. The first-order valence-corrected chi connectivity index (χ1v) is 4.23. The predicted molar refractivity (Wildman–Crippen MR) is 60.0 cm³/mol. The van der Waals surface area contributed by atoms with Crippen molar-refractivity contribution in [1.29, 1.82) is 0 Å². The Bertz CT molecular complexity index is 783. The van der Waals surface area contributed by atoms with Gasteiger partial charge in [0.25, 0.3) is 0 Å². The smallest absolute Gasteiger partial charge is 0.0609 e. The average Bonchev–Trinajstić information content (AvgIpc) is 2.56. The van der Waals surface area contributed by atoms with E-state index in [1.807, 2.05) is 0 Å². The minimum Gasteiger partial charge on any atom is -0.0609 e. The predicted octanol–water partition coefficient (Wildman–Crippen LogP) is 4.50. The van der Waals surface area contributed by atoms with Crippen molar-refractivity contribution in [2.45, 2.75) is 37.8 Å². The van der Waals surface area contributed by atoms with Gasteiger partial charge in [-0.15, -0.1) is 0 Å². The summed E-state index contributed by atoms with van der Waals surface area (Å²) in [5.74, 6) is -3.64. The van der Waals surface area contributed by atoms with E-state index < -0.39 is 72.0 Å². The Labute approximate surface area is 110 Å². The lowest BCUT2D eigenvalue weighted by Gasteiger charge is -2.21. The fourth-order valence-electron chi connectivity index (χ4n) is 0.821. The first kappa shape index (κ1) is 2.11. The summed E-state index contributed by atoms with van der Waals surface area (Å²) in [6.45, 7) is 0. The van der Waals surface area contributed by atoms with Crippen LogP contribution < -0.4 is 0 Å². The van der Waals surface area contributed by atoms with E-state index in [9.17, 15) is 0 Å². The van der Waals surface area contributed by atoms with Gasteiger partial charge in [0.05, 0.1) is 5.48 Å². The summed E-state index contributed by atoms with van der Waals surface area (Å²) in [5, 5.41) is 0. The quantitative estimate of drug-likeness (QED) is 0.692. The summed E-state index contributed by atoms with van der Waals surface area (Å²) >= 11 is 2.79. The molecule has 1 fully saturated rings. The molecule has 0 spiro atoms. The highest BCUT2D eigenvalue weighted by molar-refractivity contribution is 9.10. The summed E-state index contributed by atoms with van der Waals surface area (Å²) in [5.41, 5.74) is -1.14. The first-order valence-electron chi connectivity index (χ1n) is 10.9. The largest absolute Gasteiger partial charge is 0.0638 e. The van der Waals surface area contributed by atoms with E-state index in [0.29, 0.717) is 0 Å². The van der Waals surface area contributed by atoms with Crippen LogP contribution in [0.25, 0.3) is 0 Å². The summed E-state index contributed by atoms with van der Waals surface area (Å²) in [6.07, 6.45) is -18.8. The van der Waals surface area contributed by atoms with Crippen LogP contribution in [0.1, 0.15) is 63.9 Å². The molecule has 0 N–H and O–H groups in total. The van der Waals surface area contributed by atoms with E-state index in [2.05, 4.69) is 15.9 Å². The summed E-state index contributed by atoms with van der Waals surface area (Å²) in [7, 11) is 0. The van der Waals surface area contributed by atoms with Gasteiger partial charge in [-0.2, -0.15) is 0 Å². The molecular weight excluding hydrogens is 224 g/mol. The third kappa shape index (κ3) is 2.34. The van der Waals surface area contributed by atoms with Crippen molar-refractivity contribution < 1.29 is 20.6 Å². The third-order valence-electron chi connectivity index (χ3n) is 1.34. The number of benzene rings is 1. The topological polar surface area (TPSA) is 0 Å². The Hall–Kier alpha value is -0.300. The average molecular weight is 254 g/mol. The Morgan fingerprint density at radius 2 is 2.15 bits per heavy atom. The van der Waals surface area contributed by atoms with Crippen molar-refractivity contribution in [3.05, 3.63) is 34.2 Å². The molecule has 0 aromatic heterocycles. The second kappa shape index (κ2) is 4.28. The van der Waals surface area contributed by atoms with E-state index in [4.69, 9.17) is 20.6 Å². The molecule has 0 heterocycles. The maximum absolute atomic E-state index is 8.60. The molecule has 1 saturated carbocycles. The molecule has 0 bridgehead atoms. The number of hydrogen-bond acceptors (Lipinski definition) is 0. The molecule has 0 saturated heterocycles. The zero-order valence-corrected chi connectivity index (χ0v) is 7.96. The lowest BCUT2D eigenvalue weighted by Crippen LogP contribution is -2.03. The molecule has 0 radical (unpaired) electrons. The second-order valence-electron chi connectivity index (χ2n) is 2.19. The van der Waals surface area contributed by atoms with Crippen molar-refractivity contribution in [2.75, 3.05) is 0 Å². The first-order chi connectivity index (χ1) is 12.2. The van der Waals surface area contributed by atoms with Gasteiger partial charge in [-0.25, -0.2) is 0 Å². The van der Waals surface area contributed by atoms with Crippen LogP contribution in [-0.4, -0.2) is 0 Å². The summed E-state index contributed by atoms with van der Waals surface area (Å²) in [6, 6.07) is -3.61. The molecular formula is C12H15Br. The van der Waals surface area contributed by atoms with Crippen molar-refractivity contribution >= 4 is 15.9 Å². The monoisotopic (exact) mass is 253 g/mol. The molecule has 70 valence electrons. The van der Waals surface area contributed by atoms with Crippen LogP contribution in [0.15, 0.2) is 28.6 Å². The van der Waals surface area contributed by atoms with E-state index in [1.165, 1.54) is 0 Å². The standard InChI is InChI=1S/C12H15Br/c13-12-8-4-7-11(9-12)10-5-2-1-3-6-10/h4,7-10H,1-3,5-6H2/i1D2,2D2,3D2,4D,5D2,6D2,7D,8D,9D,10D. The maximum Gasteiger partial charge on any atom is 0.0638 e. The van der Waals surface area contributed by atoms with Crippen LogP contribution in [0.2, 0.25) is 0 Å². The van der Waals surface area contributed by atoms with Gasteiger partial charge in [0, 0.05) is 19.6 Å².